The molecule has 1 atom stereocenters. The Balaban J connectivity index is 1.62. The highest BCUT2D eigenvalue weighted by Gasteiger charge is 2.41. The van der Waals surface area contributed by atoms with E-state index in [4.69, 9.17) is 0 Å². The van der Waals surface area contributed by atoms with E-state index in [1.807, 2.05) is 24.3 Å². The number of hydrogen-bond acceptors (Lipinski definition) is 6. The number of alkyl halides is 3. The molecular formula is C27H30F3N5O5S. The van der Waals surface area contributed by atoms with E-state index < -0.39 is 39.7 Å². The quantitative estimate of drug-likeness (QED) is 0.410. The lowest BCUT2D eigenvalue weighted by atomic mass is 10.0. The van der Waals surface area contributed by atoms with Crippen LogP contribution >= 0.6 is 0 Å². The molecule has 14 heteroatoms. The molecule has 41 heavy (non-hydrogen) atoms. The van der Waals surface area contributed by atoms with Crippen molar-refractivity contribution in [2.45, 2.75) is 43.4 Å². The van der Waals surface area contributed by atoms with Gasteiger partial charge < -0.3 is 15.3 Å². The molecule has 0 aliphatic carbocycles. The Morgan fingerprint density at radius 1 is 1.07 bits per heavy atom. The van der Waals surface area contributed by atoms with Crippen LogP contribution in [0.2, 0.25) is 0 Å². The molecule has 0 spiro atoms. The Morgan fingerprint density at radius 2 is 1.71 bits per heavy atom. The number of nitrogens with one attached hydrogen (secondary N) is 1. The van der Waals surface area contributed by atoms with Crippen LogP contribution in [-0.2, 0) is 34.6 Å². The number of sulfonamides is 1. The van der Waals surface area contributed by atoms with Crippen molar-refractivity contribution < 1.29 is 36.3 Å². The maximum atomic E-state index is 13.6. The summed E-state index contributed by atoms with van der Waals surface area (Å²) in [5.74, 6) is -1.16. The lowest BCUT2D eigenvalue weighted by Gasteiger charge is -2.40. The Hall–Kier alpha value is -3.91. The molecule has 1 unspecified atom stereocenters. The summed E-state index contributed by atoms with van der Waals surface area (Å²) < 4.78 is 68.6. The molecule has 2 aromatic carbocycles. The van der Waals surface area contributed by atoms with Crippen LogP contribution in [0.1, 0.15) is 46.9 Å². The number of halogens is 3. The maximum absolute atomic E-state index is 13.6. The average molecular weight is 594 g/mol. The van der Waals surface area contributed by atoms with Gasteiger partial charge in [0.2, 0.25) is 15.9 Å². The number of carbonyl (C=O) groups is 2. The van der Waals surface area contributed by atoms with E-state index in [0.29, 0.717) is 23.9 Å². The molecule has 0 saturated carbocycles. The molecule has 1 aliphatic heterocycles. The van der Waals surface area contributed by atoms with Crippen LogP contribution in [0, 0.1) is 0 Å². The molecule has 4 rings (SSSR count). The molecule has 1 saturated heterocycles. The van der Waals surface area contributed by atoms with Crippen molar-refractivity contribution in [2.24, 2.45) is 7.05 Å². The predicted molar refractivity (Wildman–Crippen MR) is 144 cm³/mol. The first-order chi connectivity index (χ1) is 19.2. The SMILES string of the molecule is CC(C)c1ccc(CNC(=O)C2CN(c3cc(C(=O)O)nn3C)CCN2S(=O)(=O)c2ccc(C(F)(F)F)cc2)cc1. The summed E-state index contributed by atoms with van der Waals surface area (Å²) in [7, 11) is -2.85. The molecule has 1 fully saturated rings. The van der Waals surface area contributed by atoms with E-state index >= 15 is 0 Å². The zero-order valence-corrected chi connectivity index (χ0v) is 23.4. The lowest BCUT2D eigenvalue weighted by molar-refractivity contribution is -0.137. The number of nitrogens with zero attached hydrogens (tertiary/aromatic N) is 4. The number of rotatable bonds is 8. The molecule has 2 N–H and O–H groups in total. The second-order valence-corrected chi connectivity index (χ2v) is 11.9. The Bertz CT molecular complexity index is 1520. The van der Waals surface area contributed by atoms with Gasteiger partial charge in [-0.3, -0.25) is 9.48 Å². The first kappa shape index (κ1) is 30.1. The van der Waals surface area contributed by atoms with E-state index in [2.05, 4.69) is 24.3 Å². The third-order valence-electron chi connectivity index (χ3n) is 6.93. The van der Waals surface area contributed by atoms with Gasteiger partial charge in [0.1, 0.15) is 11.9 Å². The van der Waals surface area contributed by atoms with Crippen molar-refractivity contribution >= 4 is 27.7 Å². The molecule has 2 heterocycles. The summed E-state index contributed by atoms with van der Waals surface area (Å²) in [4.78, 5) is 26.2. The number of carbonyl (C=O) groups excluding carboxylic acids is 1. The molecule has 220 valence electrons. The van der Waals surface area contributed by atoms with Crippen LogP contribution in [0.4, 0.5) is 19.0 Å². The highest BCUT2D eigenvalue weighted by atomic mass is 32.2. The Labute approximate surface area is 235 Å². The normalized spacial score (nSPS) is 16.7. The standard InChI is InChI=1S/C27H30F3N5O5S/c1-17(2)19-6-4-18(5-7-19)15-31-25(36)23-16-34(24-14-22(26(37)38)32-33(24)3)12-13-35(23)41(39,40)21-10-8-20(9-11-21)27(28,29)30/h4-11,14,17,23H,12-13,15-16H2,1-3H3,(H,31,36)(H,37,38). The monoisotopic (exact) mass is 593 g/mol. The second-order valence-electron chi connectivity index (χ2n) is 10.0. The summed E-state index contributed by atoms with van der Waals surface area (Å²) in [5.41, 5.74) is 0.705. The minimum Gasteiger partial charge on any atom is -0.476 e. The first-order valence-electron chi connectivity index (χ1n) is 12.8. The number of benzene rings is 2. The van der Waals surface area contributed by atoms with Gasteiger partial charge in [0.15, 0.2) is 5.69 Å². The number of carboxylic acid groups (broad SMARTS) is 1. The zero-order chi connectivity index (χ0) is 30.1. The van der Waals surface area contributed by atoms with Crippen molar-refractivity contribution in [1.29, 1.82) is 0 Å². The maximum Gasteiger partial charge on any atom is 0.416 e. The summed E-state index contributed by atoms with van der Waals surface area (Å²) in [6, 6.07) is 10.8. The van der Waals surface area contributed by atoms with E-state index in [1.165, 1.54) is 17.8 Å². The smallest absolute Gasteiger partial charge is 0.416 e. The van der Waals surface area contributed by atoms with Gasteiger partial charge >= 0.3 is 12.1 Å². The molecule has 0 bridgehead atoms. The van der Waals surface area contributed by atoms with E-state index in [1.54, 1.807) is 4.90 Å². The highest BCUT2D eigenvalue weighted by molar-refractivity contribution is 7.89. The van der Waals surface area contributed by atoms with Gasteiger partial charge in [-0.25, -0.2) is 13.2 Å². The lowest BCUT2D eigenvalue weighted by Crippen LogP contribution is -2.60. The van der Waals surface area contributed by atoms with Gasteiger partial charge in [-0.15, -0.1) is 0 Å². The van der Waals surface area contributed by atoms with Gasteiger partial charge in [-0.1, -0.05) is 38.1 Å². The third kappa shape index (κ3) is 6.54. The van der Waals surface area contributed by atoms with Gasteiger partial charge in [-0.05, 0) is 41.3 Å². The van der Waals surface area contributed by atoms with Gasteiger partial charge in [-0.2, -0.15) is 22.6 Å². The molecule has 1 aliphatic rings. The Kier molecular flexibility index (Phi) is 8.45. The summed E-state index contributed by atoms with van der Waals surface area (Å²) in [6.45, 7) is 3.99. The second kappa shape index (κ2) is 11.5. The van der Waals surface area contributed by atoms with Crippen molar-refractivity contribution in [3.05, 3.63) is 77.0 Å². The van der Waals surface area contributed by atoms with Crippen LogP contribution in [0.3, 0.4) is 0 Å². The van der Waals surface area contributed by atoms with Crippen LogP contribution in [0.15, 0.2) is 59.5 Å². The van der Waals surface area contributed by atoms with E-state index in [9.17, 15) is 36.3 Å². The number of anilines is 1. The minimum absolute atomic E-state index is 0.0822. The van der Waals surface area contributed by atoms with Crippen LogP contribution in [0.25, 0.3) is 0 Å². The predicted octanol–water partition coefficient (Wildman–Crippen LogP) is 3.46. The zero-order valence-electron chi connectivity index (χ0n) is 22.6. The third-order valence-corrected chi connectivity index (χ3v) is 8.86. The average Bonchev–Trinajstić information content (AvgIpc) is 3.33. The van der Waals surface area contributed by atoms with E-state index in [0.717, 1.165) is 27.6 Å². The van der Waals surface area contributed by atoms with Crippen molar-refractivity contribution in [3.8, 4) is 0 Å². The first-order valence-corrected chi connectivity index (χ1v) is 14.2. The fraction of sp³-hybridized carbons (Fsp3) is 0.370. The summed E-state index contributed by atoms with van der Waals surface area (Å²) >= 11 is 0. The number of hydrogen-bond donors (Lipinski definition) is 2. The Morgan fingerprint density at radius 3 is 2.24 bits per heavy atom. The van der Waals surface area contributed by atoms with Gasteiger partial charge in [0, 0.05) is 39.3 Å². The fourth-order valence-corrected chi connectivity index (χ4v) is 6.18. The largest absolute Gasteiger partial charge is 0.476 e. The summed E-state index contributed by atoms with van der Waals surface area (Å²) in [5, 5.41) is 16.0. The number of aryl methyl sites for hydroxylation is 1. The molecule has 1 aromatic heterocycles. The minimum atomic E-state index is -4.64. The topological polar surface area (TPSA) is 125 Å². The van der Waals surface area contributed by atoms with Crippen LogP contribution in [-0.4, -0.2) is 65.2 Å². The number of amides is 1. The van der Waals surface area contributed by atoms with Crippen LogP contribution in [0.5, 0.6) is 0 Å². The number of piperazine rings is 1. The van der Waals surface area contributed by atoms with Crippen molar-refractivity contribution in [3.63, 3.8) is 0 Å². The van der Waals surface area contributed by atoms with Crippen molar-refractivity contribution in [1.82, 2.24) is 19.4 Å². The molecule has 3 aromatic rings. The molecule has 0 radical (unpaired) electrons. The fourth-order valence-electron chi connectivity index (χ4n) is 4.61. The summed E-state index contributed by atoms with van der Waals surface area (Å²) in [6.07, 6.45) is -4.64. The number of aromatic carboxylic acids is 1. The molecular weight excluding hydrogens is 563 g/mol. The molecule has 10 nitrogen and oxygen atoms in total. The van der Waals surface area contributed by atoms with Gasteiger partial charge in [0.25, 0.3) is 0 Å². The number of carboxylic acids is 1. The highest BCUT2D eigenvalue weighted by Crippen LogP contribution is 2.31. The van der Waals surface area contributed by atoms with Gasteiger partial charge in [0.05, 0.1) is 10.5 Å². The van der Waals surface area contributed by atoms with Crippen molar-refractivity contribution in [2.75, 3.05) is 24.5 Å². The molecule has 1 amide bonds. The van der Waals surface area contributed by atoms with Crippen LogP contribution < -0.4 is 10.2 Å². The number of aromatic nitrogens is 2. The van der Waals surface area contributed by atoms with E-state index in [-0.39, 0.29) is 36.8 Å².